The van der Waals surface area contributed by atoms with Gasteiger partial charge in [-0.3, -0.25) is 9.59 Å². The number of hydrogen-bond donors (Lipinski definition) is 2. The molecule has 1 fully saturated rings. The molecule has 0 aromatic carbocycles. The first-order chi connectivity index (χ1) is 13.4. The molecule has 0 radical (unpaired) electrons. The number of ether oxygens (including phenoxy) is 1. The number of nitrogens with zero attached hydrogens (tertiary/aromatic N) is 1. The summed E-state index contributed by atoms with van der Waals surface area (Å²) >= 11 is 1.52. The number of anilines is 1. The van der Waals surface area contributed by atoms with E-state index >= 15 is 0 Å². The van der Waals surface area contributed by atoms with Gasteiger partial charge in [0, 0.05) is 11.8 Å². The standard InChI is InChI=1S/C20H29N3O4S/c1-4-27-20(26)18-15-6-5-13(2)11-16(15)28-19(18)21-17(25)12-22-7-9-23(10-8-22)14(3)24/h13H,4-12H2,1-3H3,(H,21,25)/p+1/t13-/m0/s1. The third kappa shape index (κ3) is 4.72. The van der Waals surface area contributed by atoms with Gasteiger partial charge in [-0.15, -0.1) is 11.3 Å². The van der Waals surface area contributed by atoms with Gasteiger partial charge in [-0.1, -0.05) is 6.92 Å². The van der Waals surface area contributed by atoms with Gasteiger partial charge in [0.25, 0.3) is 5.91 Å². The Balaban J connectivity index is 1.68. The zero-order valence-electron chi connectivity index (χ0n) is 16.9. The Kier molecular flexibility index (Phi) is 6.72. The number of piperazine rings is 1. The molecule has 2 N–H and O–H groups in total. The van der Waals surface area contributed by atoms with Crippen LogP contribution in [0.3, 0.4) is 0 Å². The van der Waals surface area contributed by atoms with E-state index in [-0.39, 0.29) is 17.8 Å². The van der Waals surface area contributed by atoms with Crippen LogP contribution in [0.15, 0.2) is 0 Å². The molecular weight excluding hydrogens is 378 g/mol. The Hall–Kier alpha value is -1.93. The van der Waals surface area contributed by atoms with Crippen molar-refractivity contribution in [1.82, 2.24) is 4.90 Å². The highest BCUT2D eigenvalue weighted by molar-refractivity contribution is 7.17. The summed E-state index contributed by atoms with van der Waals surface area (Å²) in [5.41, 5.74) is 1.61. The maximum Gasteiger partial charge on any atom is 0.341 e. The number of thiophene rings is 1. The van der Waals surface area contributed by atoms with Gasteiger partial charge in [0.15, 0.2) is 6.54 Å². The number of amides is 2. The molecule has 1 aromatic heterocycles. The number of fused-ring (bicyclic) bond motifs is 1. The summed E-state index contributed by atoms with van der Waals surface area (Å²) in [6, 6.07) is 0. The minimum absolute atomic E-state index is 0.0842. The lowest BCUT2D eigenvalue weighted by atomic mass is 9.88. The van der Waals surface area contributed by atoms with Crippen LogP contribution in [0.4, 0.5) is 5.00 Å². The van der Waals surface area contributed by atoms with Crippen molar-refractivity contribution < 1.29 is 24.0 Å². The van der Waals surface area contributed by atoms with Crippen molar-refractivity contribution in [2.45, 2.75) is 40.0 Å². The minimum atomic E-state index is -0.340. The minimum Gasteiger partial charge on any atom is -0.462 e. The lowest BCUT2D eigenvalue weighted by Crippen LogP contribution is -3.15. The van der Waals surface area contributed by atoms with Crippen molar-refractivity contribution in [3.05, 3.63) is 16.0 Å². The molecule has 0 saturated carbocycles. The van der Waals surface area contributed by atoms with Crippen molar-refractivity contribution in [2.75, 3.05) is 44.6 Å². The summed E-state index contributed by atoms with van der Waals surface area (Å²) in [5.74, 6) is 0.239. The van der Waals surface area contributed by atoms with Crippen LogP contribution in [-0.2, 0) is 27.2 Å². The Labute approximate surface area is 170 Å². The summed E-state index contributed by atoms with van der Waals surface area (Å²) < 4.78 is 5.26. The Bertz CT molecular complexity index is 753. The van der Waals surface area contributed by atoms with Crippen LogP contribution in [0.1, 0.15) is 48.0 Å². The normalized spacial score (nSPS) is 19.8. The summed E-state index contributed by atoms with van der Waals surface area (Å²) in [6.45, 7) is 9.12. The van der Waals surface area contributed by atoms with Crippen molar-refractivity contribution in [3.63, 3.8) is 0 Å². The molecule has 1 aromatic rings. The van der Waals surface area contributed by atoms with Crippen molar-refractivity contribution in [3.8, 4) is 0 Å². The van der Waals surface area contributed by atoms with Crippen molar-refractivity contribution in [2.24, 2.45) is 5.92 Å². The number of nitrogens with one attached hydrogen (secondary N) is 2. The van der Waals surface area contributed by atoms with E-state index in [0.717, 1.165) is 42.8 Å². The fourth-order valence-corrected chi connectivity index (χ4v) is 5.39. The molecular formula is C20H30N3O4S+. The Morgan fingerprint density at radius 1 is 1.29 bits per heavy atom. The smallest absolute Gasteiger partial charge is 0.341 e. The van der Waals surface area contributed by atoms with Crippen LogP contribution < -0.4 is 10.2 Å². The highest BCUT2D eigenvalue weighted by atomic mass is 32.1. The molecule has 1 atom stereocenters. The zero-order chi connectivity index (χ0) is 20.3. The summed E-state index contributed by atoms with van der Waals surface area (Å²) in [4.78, 5) is 40.8. The highest BCUT2D eigenvalue weighted by Crippen LogP contribution is 2.40. The molecule has 0 bridgehead atoms. The van der Waals surface area contributed by atoms with Crippen LogP contribution in [-0.4, -0.2) is 62.0 Å². The van der Waals surface area contributed by atoms with Gasteiger partial charge in [-0.25, -0.2) is 4.79 Å². The van der Waals surface area contributed by atoms with E-state index in [1.54, 1.807) is 13.8 Å². The predicted molar refractivity (Wildman–Crippen MR) is 108 cm³/mol. The predicted octanol–water partition coefficient (Wildman–Crippen LogP) is 0.735. The molecule has 2 amide bonds. The van der Waals surface area contributed by atoms with E-state index in [9.17, 15) is 14.4 Å². The number of quaternary nitrogens is 1. The van der Waals surface area contributed by atoms with Crippen LogP contribution >= 0.6 is 11.3 Å². The molecule has 28 heavy (non-hydrogen) atoms. The van der Waals surface area contributed by atoms with Crippen LogP contribution in [0, 0.1) is 5.92 Å². The average molecular weight is 409 g/mol. The van der Waals surface area contributed by atoms with E-state index < -0.39 is 0 Å². The average Bonchev–Trinajstić information content (AvgIpc) is 2.98. The van der Waals surface area contributed by atoms with Crippen LogP contribution in [0.5, 0.6) is 0 Å². The lowest BCUT2D eigenvalue weighted by Gasteiger charge is -2.31. The first-order valence-corrected chi connectivity index (χ1v) is 10.9. The molecule has 8 heteroatoms. The molecule has 3 rings (SSSR count). The van der Waals surface area contributed by atoms with E-state index in [0.29, 0.717) is 42.7 Å². The van der Waals surface area contributed by atoms with Crippen LogP contribution in [0.25, 0.3) is 0 Å². The molecule has 0 spiro atoms. The summed E-state index contributed by atoms with van der Waals surface area (Å²) in [6.07, 6.45) is 2.85. The molecule has 7 nitrogen and oxygen atoms in total. The van der Waals surface area contributed by atoms with Gasteiger partial charge in [-0.2, -0.15) is 0 Å². The lowest BCUT2D eigenvalue weighted by molar-refractivity contribution is -0.895. The Morgan fingerprint density at radius 2 is 2.00 bits per heavy atom. The SMILES string of the molecule is CCOC(=O)c1c(NC(=O)C[NH+]2CCN(C(C)=O)CC2)sc2c1CC[C@H](C)C2. The van der Waals surface area contributed by atoms with Gasteiger partial charge in [0.2, 0.25) is 5.91 Å². The van der Waals surface area contributed by atoms with E-state index in [4.69, 9.17) is 4.74 Å². The highest BCUT2D eigenvalue weighted by Gasteiger charge is 2.30. The third-order valence-electron chi connectivity index (χ3n) is 5.57. The molecule has 1 aliphatic carbocycles. The van der Waals surface area contributed by atoms with E-state index in [2.05, 4.69) is 12.2 Å². The number of carbonyl (C=O) groups is 3. The van der Waals surface area contributed by atoms with Gasteiger partial charge >= 0.3 is 5.97 Å². The summed E-state index contributed by atoms with van der Waals surface area (Å²) in [7, 11) is 0. The first kappa shape index (κ1) is 20.8. The van der Waals surface area contributed by atoms with Crippen molar-refractivity contribution >= 4 is 34.1 Å². The number of hydrogen-bond acceptors (Lipinski definition) is 5. The molecule has 1 aliphatic heterocycles. The maximum atomic E-state index is 12.6. The number of rotatable bonds is 5. The van der Waals surface area contributed by atoms with Gasteiger partial charge in [0.05, 0.1) is 38.3 Å². The molecule has 1 saturated heterocycles. The zero-order valence-corrected chi connectivity index (χ0v) is 17.7. The second kappa shape index (κ2) is 9.05. The monoisotopic (exact) mass is 408 g/mol. The fourth-order valence-electron chi connectivity index (χ4n) is 3.97. The van der Waals surface area contributed by atoms with Gasteiger partial charge in [0.1, 0.15) is 5.00 Å². The topological polar surface area (TPSA) is 80.2 Å². The van der Waals surface area contributed by atoms with E-state index in [1.165, 1.54) is 16.2 Å². The van der Waals surface area contributed by atoms with Crippen molar-refractivity contribution in [1.29, 1.82) is 0 Å². The quantitative estimate of drug-likeness (QED) is 0.704. The largest absolute Gasteiger partial charge is 0.462 e. The molecule has 154 valence electrons. The van der Waals surface area contributed by atoms with E-state index in [1.807, 2.05) is 4.90 Å². The number of esters is 1. The fraction of sp³-hybridized carbons (Fsp3) is 0.650. The second-order valence-corrected chi connectivity index (χ2v) is 8.86. The van der Waals surface area contributed by atoms with Gasteiger partial charge in [-0.05, 0) is 37.7 Å². The second-order valence-electron chi connectivity index (χ2n) is 7.76. The maximum absolute atomic E-state index is 12.6. The summed E-state index contributed by atoms with van der Waals surface area (Å²) in [5, 5.41) is 3.61. The molecule has 2 aliphatic rings. The first-order valence-electron chi connectivity index (χ1n) is 10.1. The molecule has 2 heterocycles. The van der Waals surface area contributed by atoms with Gasteiger partial charge < -0.3 is 19.9 Å². The Morgan fingerprint density at radius 3 is 2.64 bits per heavy atom. The third-order valence-corrected chi connectivity index (χ3v) is 6.74. The van der Waals surface area contributed by atoms with Crippen LogP contribution in [0.2, 0.25) is 0 Å². The number of carbonyl (C=O) groups excluding carboxylic acids is 3. The molecule has 0 unspecified atom stereocenters.